The molecular weight excluding hydrogens is 448 g/mol. The van der Waals surface area contributed by atoms with Crippen LogP contribution in [-0.4, -0.2) is 64.8 Å². The van der Waals surface area contributed by atoms with Crippen molar-refractivity contribution < 1.29 is 19.4 Å². The molecule has 2 atom stereocenters. The number of ether oxygens (including phenoxy) is 2. The lowest BCUT2D eigenvalue weighted by Gasteiger charge is -2.23. The van der Waals surface area contributed by atoms with Gasteiger partial charge in [0.15, 0.2) is 11.5 Å². The predicted octanol–water partition coefficient (Wildman–Crippen LogP) is 2.42. The Balaban J connectivity index is 1.46. The molecule has 1 amide bonds. The molecule has 1 fully saturated rings. The van der Waals surface area contributed by atoms with Crippen LogP contribution in [0.1, 0.15) is 12.0 Å². The molecule has 3 aromatic rings. The Labute approximate surface area is 203 Å². The normalized spacial score (nSPS) is 20.6. The van der Waals surface area contributed by atoms with Crippen LogP contribution in [0.2, 0.25) is 0 Å². The van der Waals surface area contributed by atoms with Gasteiger partial charge in [-0.15, -0.1) is 0 Å². The Hall–Kier alpha value is -3.89. The predicted molar refractivity (Wildman–Crippen MR) is 131 cm³/mol. The number of aliphatic hydroxyl groups is 1. The van der Waals surface area contributed by atoms with Crippen LogP contribution in [-0.2, 0) is 11.3 Å². The minimum atomic E-state index is -0.542. The molecule has 2 aliphatic rings. The van der Waals surface area contributed by atoms with Crippen molar-refractivity contribution in [3.05, 3.63) is 60.4 Å². The first kappa shape index (κ1) is 22.9. The fraction of sp³-hybridized carbons (Fsp3) is 0.320. The maximum absolute atomic E-state index is 12.9. The van der Waals surface area contributed by atoms with E-state index in [4.69, 9.17) is 9.47 Å². The first-order valence-electron chi connectivity index (χ1n) is 11.5. The number of rotatable bonds is 1. The highest BCUT2D eigenvalue weighted by Gasteiger charge is 2.35. The fourth-order valence-corrected chi connectivity index (χ4v) is 4.42. The number of nitrogens with one attached hydrogen (secondary N) is 3. The van der Waals surface area contributed by atoms with Crippen molar-refractivity contribution in [3.8, 4) is 11.5 Å². The molecule has 182 valence electrons. The molecule has 0 aliphatic carbocycles. The largest absolute Gasteiger partial charge is 0.493 e. The van der Waals surface area contributed by atoms with Gasteiger partial charge in [-0.3, -0.25) is 9.69 Å². The molecule has 10 heteroatoms. The molecule has 4 N–H and O–H groups in total. The molecule has 1 aromatic heterocycles. The zero-order chi connectivity index (χ0) is 24.2. The van der Waals surface area contributed by atoms with Crippen molar-refractivity contribution in [2.75, 3.05) is 37.4 Å². The molecule has 35 heavy (non-hydrogen) atoms. The Bertz CT molecular complexity index is 1210. The van der Waals surface area contributed by atoms with E-state index in [1.165, 1.54) is 6.33 Å². The SMILES string of the molecule is COc1ccc2cc1OCCNC(=O)[C@@H]1C[C@H](O)CN1Cc1cccc(c1)Nc1cc(ncn1)N2. The summed E-state index contributed by atoms with van der Waals surface area (Å²) < 4.78 is 11.3. The summed E-state index contributed by atoms with van der Waals surface area (Å²) in [5.74, 6) is 2.27. The number of carbonyl (C=O) groups is 1. The van der Waals surface area contributed by atoms with Gasteiger partial charge in [0, 0.05) is 36.6 Å². The summed E-state index contributed by atoms with van der Waals surface area (Å²) in [5, 5.41) is 19.8. The third-order valence-electron chi connectivity index (χ3n) is 6.03. The van der Waals surface area contributed by atoms with Crippen molar-refractivity contribution in [2.24, 2.45) is 0 Å². The smallest absolute Gasteiger partial charge is 0.237 e. The zero-order valence-corrected chi connectivity index (χ0v) is 19.4. The van der Waals surface area contributed by atoms with Crippen LogP contribution in [0.3, 0.4) is 0 Å². The lowest BCUT2D eigenvalue weighted by Crippen LogP contribution is -2.44. The highest BCUT2D eigenvalue weighted by molar-refractivity contribution is 5.82. The Morgan fingerprint density at radius 2 is 1.89 bits per heavy atom. The van der Waals surface area contributed by atoms with Crippen molar-refractivity contribution in [1.82, 2.24) is 20.2 Å². The quantitative estimate of drug-likeness (QED) is 0.420. The summed E-state index contributed by atoms with van der Waals surface area (Å²) in [5.41, 5.74) is 2.66. The number of amides is 1. The summed E-state index contributed by atoms with van der Waals surface area (Å²) in [6.45, 7) is 1.58. The molecule has 0 spiro atoms. The van der Waals surface area contributed by atoms with Crippen LogP contribution in [0.15, 0.2) is 54.9 Å². The number of fused-ring (bicyclic) bond motifs is 7. The number of aliphatic hydroxyl groups excluding tert-OH is 1. The summed E-state index contributed by atoms with van der Waals surface area (Å²) >= 11 is 0. The molecule has 6 bridgehead atoms. The van der Waals surface area contributed by atoms with Crippen LogP contribution in [0, 0.1) is 0 Å². The number of nitrogens with zero attached hydrogens (tertiary/aromatic N) is 3. The summed E-state index contributed by atoms with van der Waals surface area (Å²) in [7, 11) is 1.58. The lowest BCUT2D eigenvalue weighted by atomic mass is 10.1. The van der Waals surface area contributed by atoms with E-state index < -0.39 is 12.1 Å². The molecule has 10 nitrogen and oxygen atoms in total. The molecule has 0 radical (unpaired) electrons. The van der Waals surface area contributed by atoms with E-state index in [0.29, 0.717) is 49.2 Å². The highest BCUT2D eigenvalue weighted by atomic mass is 16.5. The average Bonchev–Trinajstić information content (AvgIpc) is 3.22. The Kier molecular flexibility index (Phi) is 6.64. The van der Waals surface area contributed by atoms with Crippen molar-refractivity contribution in [1.29, 1.82) is 0 Å². The maximum Gasteiger partial charge on any atom is 0.237 e. The monoisotopic (exact) mass is 476 g/mol. The number of methoxy groups -OCH3 is 1. The van der Waals surface area contributed by atoms with Crippen LogP contribution < -0.4 is 25.4 Å². The topological polar surface area (TPSA) is 121 Å². The van der Waals surface area contributed by atoms with Crippen molar-refractivity contribution in [2.45, 2.75) is 25.1 Å². The first-order valence-corrected chi connectivity index (χ1v) is 11.5. The van der Waals surface area contributed by atoms with Crippen LogP contribution >= 0.6 is 0 Å². The second-order valence-corrected chi connectivity index (χ2v) is 8.58. The number of hydrogen-bond acceptors (Lipinski definition) is 9. The summed E-state index contributed by atoms with van der Waals surface area (Å²) in [6, 6.07) is 14.9. The van der Waals surface area contributed by atoms with Crippen LogP contribution in [0.5, 0.6) is 11.5 Å². The molecule has 0 unspecified atom stereocenters. The Morgan fingerprint density at radius 1 is 1.09 bits per heavy atom. The summed E-state index contributed by atoms with van der Waals surface area (Å²) in [6.07, 6.45) is 1.35. The molecule has 5 rings (SSSR count). The second-order valence-electron chi connectivity index (χ2n) is 8.58. The van der Waals surface area contributed by atoms with Gasteiger partial charge in [-0.25, -0.2) is 9.97 Å². The van der Waals surface area contributed by atoms with E-state index in [9.17, 15) is 9.90 Å². The number of anilines is 4. The van der Waals surface area contributed by atoms with Crippen molar-refractivity contribution >= 4 is 28.9 Å². The minimum absolute atomic E-state index is 0.119. The number of aromatic nitrogens is 2. The molecule has 3 heterocycles. The number of hydrogen-bond donors (Lipinski definition) is 4. The number of benzene rings is 2. The van der Waals surface area contributed by atoms with Gasteiger partial charge >= 0.3 is 0 Å². The number of carbonyl (C=O) groups excluding carboxylic acids is 1. The fourth-order valence-electron chi connectivity index (χ4n) is 4.42. The highest BCUT2D eigenvalue weighted by Crippen LogP contribution is 2.31. The van der Waals surface area contributed by atoms with Gasteiger partial charge in [0.1, 0.15) is 24.6 Å². The van der Waals surface area contributed by atoms with Gasteiger partial charge in [0.05, 0.1) is 25.8 Å². The maximum atomic E-state index is 12.9. The Morgan fingerprint density at radius 3 is 2.69 bits per heavy atom. The second kappa shape index (κ2) is 10.2. The van der Waals surface area contributed by atoms with E-state index in [1.807, 2.05) is 53.4 Å². The van der Waals surface area contributed by atoms with E-state index in [-0.39, 0.29) is 12.5 Å². The average molecular weight is 477 g/mol. The van der Waals surface area contributed by atoms with Gasteiger partial charge in [0.2, 0.25) is 5.91 Å². The molecule has 2 aliphatic heterocycles. The van der Waals surface area contributed by atoms with E-state index >= 15 is 0 Å². The standard InChI is InChI=1S/C25H28N6O4/c1-34-21-6-5-18-10-22(21)35-8-7-26-25(33)20-11-19(32)14-31(20)13-16-3-2-4-17(9-16)29-23-12-24(30-18)28-15-27-23/h2-6,9-10,12,15,19-20,32H,7-8,11,13-14H2,1H3,(H,26,33)(H2,27,28,29,30)/t19-,20-/m0/s1. The molecule has 1 saturated heterocycles. The summed E-state index contributed by atoms with van der Waals surface area (Å²) in [4.78, 5) is 23.6. The first-order chi connectivity index (χ1) is 17.1. The lowest BCUT2D eigenvalue weighted by molar-refractivity contribution is -0.125. The van der Waals surface area contributed by atoms with Crippen LogP contribution in [0.25, 0.3) is 0 Å². The minimum Gasteiger partial charge on any atom is -0.493 e. The van der Waals surface area contributed by atoms with Gasteiger partial charge in [-0.05, 0) is 36.2 Å². The van der Waals surface area contributed by atoms with E-state index in [0.717, 1.165) is 16.9 Å². The third kappa shape index (κ3) is 5.44. The van der Waals surface area contributed by atoms with Gasteiger partial charge in [-0.2, -0.15) is 0 Å². The van der Waals surface area contributed by atoms with Gasteiger partial charge in [-0.1, -0.05) is 12.1 Å². The zero-order valence-electron chi connectivity index (χ0n) is 19.4. The van der Waals surface area contributed by atoms with E-state index in [2.05, 4.69) is 25.9 Å². The molecular formula is C25H28N6O4. The van der Waals surface area contributed by atoms with Gasteiger partial charge < -0.3 is 30.5 Å². The van der Waals surface area contributed by atoms with Gasteiger partial charge in [0.25, 0.3) is 0 Å². The van der Waals surface area contributed by atoms with Crippen molar-refractivity contribution in [3.63, 3.8) is 0 Å². The van der Waals surface area contributed by atoms with Crippen LogP contribution in [0.4, 0.5) is 23.0 Å². The molecule has 0 saturated carbocycles. The third-order valence-corrected chi connectivity index (χ3v) is 6.03. The molecule has 2 aromatic carbocycles. The van der Waals surface area contributed by atoms with E-state index in [1.54, 1.807) is 7.11 Å².